The minimum Gasteiger partial charge on any atom is -0.445 e. The number of hydrogen-bond donors (Lipinski definition) is 3. The summed E-state index contributed by atoms with van der Waals surface area (Å²) in [5, 5.41) is 14.3. The fraction of sp³-hybridized carbons (Fsp3) is 0.394. The number of carbonyl (C=O) groups excluding carboxylic acids is 2. The van der Waals surface area contributed by atoms with Crippen LogP contribution in [0.15, 0.2) is 60.9 Å². The van der Waals surface area contributed by atoms with Crippen LogP contribution in [0.25, 0.3) is 5.69 Å². The topological polar surface area (TPSA) is 123 Å². The van der Waals surface area contributed by atoms with E-state index in [1.807, 2.05) is 42.9 Å². The monoisotopic (exact) mass is 631 g/mol. The number of piperidine rings is 1. The lowest BCUT2D eigenvalue weighted by Gasteiger charge is -2.25. The summed E-state index contributed by atoms with van der Waals surface area (Å²) in [6.07, 6.45) is 9.06. The molecule has 0 radical (unpaired) electrons. The fourth-order valence-electron chi connectivity index (χ4n) is 5.21. The fourth-order valence-corrected chi connectivity index (χ4v) is 5.89. The van der Waals surface area contributed by atoms with Crippen LogP contribution < -0.4 is 20.7 Å². The molecule has 0 unspecified atom stereocenters. The summed E-state index contributed by atoms with van der Waals surface area (Å²) in [7, 11) is 1.60. The summed E-state index contributed by atoms with van der Waals surface area (Å²) >= 11 is 1.22. The maximum atomic E-state index is 13.0. The molecule has 0 bridgehead atoms. The van der Waals surface area contributed by atoms with Crippen molar-refractivity contribution in [2.45, 2.75) is 65.1 Å². The third-order valence-corrected chi connectivity index (χ3v) is 8.52. The van der Waals surface area contributed by atoms with Crippen molar-refractivity contribution in [1.29, 1.82) is 0 Å². The van der Waals surface area contributed by atoms with Crippen molar-refractivity contribution < 1.29 is 19.1 Å². The van der Waals surface area contributed by atoms with Gasteiger partial charge in [-0.25, -0.2) is 14.5 Å². The molecule has 1 aliphatic rings. The minimum atomic E-state index is -0.268. The molecule has 12 heteroatoms. The van der Waals surface area contributed by atoms with E-state index in [4.69, 9.17) is 14.6 Å². The van der Waals surface area contributed by atoms with Gasteiger partial charge >= 0.3 is 6.03 Å². The van der Waals surface area contributed by atoms with Crippen LogP contribution in [0, 0.1) is 0 Å². The molecule has 45 heavy (non-hydrogen) atoms. The first kappa shape index (κ1) is 32.1. The van der Waals surface area contributed by atoms with E-state index in [2.05, 4.69) is 31.9 Å². The molecule has 5 rings (SSSR count). The molecule has 2 aromatic heterocycles. The number of anilines is 2. The van der Waals surface area contributed by atoms with Crippen LogP contribution in [0.2, 0.25) is 0 Å². The van der Waals surface area contributed by atoms with Gasteiger partial charge in [-0.2, -0.15) is 5.10 Å². The van der Waals surface area contributed by atoms with Gasteiger partial charge in [0, 0.05) is 42.7 Å². The molecule has 238 valence electrons. The van der Waals surface area contributed by atoms with Gasteiger partial charge in [0.05, 0.1) is 24.2 Å². The molecular weight excluding hydrogens is 590 g/mol. The van der Waals surface area contributed by atoms with Crippen LogP contribution in [0.4, 0.5) is 15.6 Å². The van der Waals surface area contributed by atoms with Gasteiger partial charge < -0.3 is 20.1 Å². The van der Waals surface area contributed by atoms with E-state index in [0.29, 0.717) is 27.2 Å². The highest BCUT2D eigenvalue weighted by Crippen LogP contribution is 2.34. The van der Waals surface area contributed by atoms with Crippen molar-refractivity contribution in [3.05, 3.63) is 77.7 Å². The van der Waals surface area contributed by atoms with Crippen LogP contribution in [0.3, 0.4) is 0 Å². The van der Waals surface area contributed by atoms with Crippen molar-refractivity contribution in [3.63, 3.8) is 0 Å². The molecule has 11 nitrogen and oxygen atoms in total. The lowest BCUT2D eigenvalue weighted by molar-refractivity contribution is 0.102. The first-order valence-electron chi connectivity index (χ1n) is 15.5. The predicted molar refractivity (Wildman–Crippen MR) is 177 cm³/mol. The highest BCUT2D eigenvalue weighted by Gasteiger charge is 2.15. The molecule has 0 saturated carbocycles. The van der Waals surface area contributed by atoms with Crippen molar-refractivity contribution >= 4 is 34.1 Å². The Kier molecular flexibility index (Phi) is 11.2. The van der Waals surface area contributed by atoms with E-state index in [1.165, 1.54) is 30.6 Å². The molecule has 3 N–H and O–H groups in total. The number of thiazole rings is 1. The van der Waals surface area contributed by atoms with Gasteiger partial charge in [-0.05, 0) is 87.3 Å². The standard InChI is InChI=1S/C33H41N7O4S/c1-4-25(5-2)35-32(42)36-26-11-14-29(24(19-26)22-43-3)44-30-20-34-33(45-30)37-31(41)23-9-12-28(13-10-23)40-18-15-27(38-40)21-39-16-7-6-8-17-39/h9-15,18-20,25H,4-8,16-17,21-22H2,1-3H3,(H,34,37,41)(H2,35,36,42). The number of aromatic nitrogens is 3. The summed E-state index contributed by atoms with van der Waals surface area (Å²) in [6.45, 7) is 7.49. The molecule has 0 aliphatic carbocycles. The van der Waals surface area contributed by atoms with E-state index in [0.717, 1.165) is 49.4 Å². The normalized spacial score (nSPS) is 13.5. The number of nitrogens with one attached hydrogen (secondary N) is 3. The zero-order valence-corrected chi connectivity index (χ0v) is 26.9. The lowest BCUT2D eigenvalue weighted by atomic mass is 10.1. The third kappa shape index (κ3) is 8.90. The molecule has 3 heterocycles. The highest BCUT2D eigenvalue weighted by molar-refractivity contribution is 7.17. The number of urea groups is 1. The Bertz CT molecular complexity index is 1560. The summed E-state index contributed by atoms with van der Waals surface area (Å²) < 4.78 is 13.3. The molecule has 4 aromatic rings. The molecule has 2 aromatic carbocycles. The van der Waals surface area contributed by atoms with E-state index < -0.39 is 0 Å². The second-order valence-electron chi connectivity index (χ2n) is 11.0. The first-order chi connectivity index (χ1) is 21.9. The average Bonchev–Trinajstić information content (AvgIpc) is 3.71. The Morgan fingerprint density at radius 2 is 1.78 bits per heavy atom. The Labute approximate surface area is 267 Å². The summed E-state index contributed by atoms with van der Waals surface area (Å²) in [5.41, 5.74) is 3.83. The Hall–Kier alpha value is -4.26. The Balaban J connectivity index is 1.17. The second-order valence-corrected chi connectivity index (χ2v) is 12.0. The third-order valence-electron chi connectivity index (χ3n) is 7.73. The summed E-state index contributed by atoms with van der Waals surface area (Å²) in [6, 6.07) is 14.6. The highest BCUT2D eigenvalue weighted by atomic mass is 32.1. The van der Waals surface area contributed by atoms with E-state index >= 15 is 0 Å². The molecule has 0 spiro atoms. The minimum absolute atomic E-state index is 0.121. The van der Waals surface area contributed by atoms with E-state index in [9.17, 15) is 9.59 Å². The number of nitrogens with zero attached hydrogens (tertiary/aromatic N) is 4. The SMILES string of the molecule is CCC(CC)NC(=O)Nc1ccc(Oc2cnc(NC(=O)c3ccc(-n4ccc(CN5CCCCC5)n4)cc3)s2)c(COC)c1. The van der Waals surface area contributed by atoms with E-state index in [1.54, 1.807) is 37.6 Å². The smallest absolute Gasteiger partial charge is 0.319 e. The number of carbonyl (C=O) groups is 2. The molecule has 1 aliphatic heterocycles. The van der Waals surface area contributed by atoms with Gasteiger partial charge in [0.15, 0.2) is 5.13 Å². The van der Waals surface area contributed by atoms with Crippen LogP contribution in [0.5, 0.6) is 10.8 Å². The molecule has 1 saturated heterocycles. The maximum Gasteiger partial charge on any atom is 0.319 e. The van der Waals surface area contributed by atoms with Gasteiger partial charge in [0.2, 0.25) is 5.06 Å². The number of likely N-dealkylation sites (tertiary alicyclic amines) is 1. The van der Waals surface area contributed by atoms with Crippen LogP contribution in [-0.2, 0) is 17.9 Å². The zero-order valence-electron chi connectivity index (χ0n) is 26.0. The van der Waals surface area contributed by atoms with E-state index in [-0.39, 0.29) is 24.6 Å². The number of amides is 3. The summed E-state index contributed by atoms with van der Waals surface area (Å²) in [4.78, 5) is 32.1. The van der Waals surface area contributed by atoms with Crippen molar-refractivity contribution in [1.82, 2.24) is 25.0 Å². The van der Waals surface area contributed by atoms with Gasteiger partial charge in [0.25, 0.3) is 5.91 Å². The predicted octanol–water partition coefficient (Wildman–Crippen LogP) is 6.82. The van der Waals surface area contributed by atoms with Crippen LogP contribution >= 0.6 is 11.3 Å². The number of rotatable bonds is 13. The van der Waals surface area contributed by atoms with Gasteiger partial charge in [-0.3, -0.25) is 15.0 Å². The molecule has 0 atom stereocenters. The Morgan fingerprint density at radius 3 is 2.51 bits per heavy atom. The Morgan fingerprint density at radius 1 is 1.00 bits per heavy atom. The van der Waals surface area contributed by atoms with Crippen molar-refractivity contribution in [3.8, 4) is 16.5 Å². The maximum absolute atomic E-state index is 13.0. The van der Waals surface area contributed by atoms with Crippen LogP contribution in [0.1, 0.15) is 67.6 Å². The van der Waals surface area contributed by atoms with Crippen molar-refractivity contribution in [2.75, 3.05) is 30.8 Å². The molecular formula is C33H41N7O4S. The quantitative estimate of drug-likeness (QED) is 0.148. The average molecular weight is 632 g/mol. The van der Waals surface area contributed by atoms with Gasteiger partial charge in [0.1, 0.15) is 5.75 Å². The van der Waals surface area contributed by atoms with Gasteiger partial charge in [-0.1, -0.05) is 31.6 Å². The van der Waals surface area contributed by atoms with Crippen molar-refractivity contribution in [2.24, 2.45) is 0 Å². The number of benzene rings is 2. The van der Waals surface area contributed by atoms with Gasteiger partial charge in [-0.15, -0.1) is 0 Å². The summed E-state index contributed by atoms with van der Waals surface area (Å²) in [5.74, 6) is 0.300. The second kappa shape index (κ2) is 15.6. The number of ether oxygens (including phenoxy) is 2. The lowest BCUT2D eigenvalue weighted by Crippen LogP contribution is -2.37. The van der Waals surface area contributed by atoms with Crippen LogP contribution in [-0.4, -0.2) is 57.8 Å². The first-order valence-corrected chi connectivity index (χ1v) is 16.3. The molecule has 3 amide bonds. The largest absolute Gasteiger partial charge is 0.445 e. The number of hydrogen-bond acceptors (Lipinski definition) is 8. The zero-order chi connectivity index (χ0) is 31.6. The number of methoxy groups -OCH3 is 1. The molecule has 1 fully saturated rings.